The molecule has 0 unspecified atom stereocenters. The predicted molar refractivity (Wildman–Crippen MR) is 77.7 cm³/mol. The van der Waals surface area contributed by atoms with Gasteiger partial charge in [0.2, 0.25) is 5.91 Å². The average Bonchev–Trinajstić information content (AvgIpc) is 2.42. The van der Waals surface area contributed by atoms with E-state index in [-0.39, 0.29) is 0 Å². The third-order valence-electron chi connectivity index (χ3n) is 2.59. The van der Waals surface area contributed by atoms with Crippen LogP contribution in [0.15, 0.2) is 28.7 Å². The Morgan fingerprint density at radius 1 is 1.29 bits per heavy atom. The van der Waals surface area contributed by atoms with Crippen molar-refractivity contribution in [3.8, 4) is 0 Å². The second-order valence-electron chi connectivity index (χ2n) is 4.29. The number of carbonyl (C=O) groups is 3. The molecule has 0 aliphatic carbocycles. The Morgan fingerprint density at radius 3 is 2.43 bits per heavy atom. The molecule has 0 aromatic heterocycles. The van der Waals surface area contributed by atoms with Gasteiger partial charge < -0.3 is 20.8 Å². The summed E-state index contributed by atoms with van der Waals surface area (Å²) >= 11 is 3.21. The van der Waals surface area contributed by atoms with Gasteiger partial charge in [0.1, 0.15) is 0 Å². The van der Waals surface area contributed by atoms with E-state index in [1.54, 1.807) is 24.3 Å². The molecule has 0 heterocycles. The van der Waals surface area contributed by atoms with E-state index in [9.17, 15) is 19.5 Å². The van der Waals surface area contributed by atoms with Crippen molar-refractivity contribution in [1.82, 2.24) is 10.6 Å². The van der Waals surface area contributed by atoms with Gasteiger partial charge in [0.05, 0.1) is 18.2 Å². The zero-order valence-corrected chi connectivity index (χ0v) is 12.8. The molecule has 2 atom stereocenters. The highest BCUT2D eigenvalue weighted by atomic mass is 79.9. The third kappa shape index (κ3) is 5.16. The van der Waals surface area contributed by atoms with Gasteiger partial charge in [-0.25, -0.2) is 4.79 Å². The fraction of sp³-hybridized carbons (Fsp3) is 0.308. The molecule has 0 aliphatic heterocycles. The normalized spacial score (nSPS) is 13.1. The molecule has 1 aromatic carbocycles. The Labute approximate surface area is 129 Å². The van der Waals surface area contributed by atoms with Gasteiger partial charge in [-0.15, -0.1) is 0 Å². The summed E-state index contributed by atoms with van der Waals surface area (Å²) in [5.74, 6) is -2.53. The number of benzene rings is 1. The number of rotatable bonds is 6. The average molecular weight is 359 g/mol. The van der Waals surface area contributed by atoms with Crippen molar-refractivity contribution in [1.29, 1.82) is 0 Å². The SMILES string of the molecule is C[C@@H](O)[C@H](NC(=O)CNC(=O)c1ccccc1Br)C(=O)O. The molecule has 0 saturated carbocycles. The smallest absolute Gasteiger partial charge is 0.328 e. The maximum Gasteiger partial charge on any atom is 0.328 e. The largest absolute Gasteiger partial charge is 0.480 e. The second kappa shape index (κ2) is 7.75. The van der Waals surface area contributed by atoms with Gasteiger partial charge in [0.15, 0.2) is 6.04 Å². The Hall–Kier alpha value is -1.93. The molecule has 0 aliphatic rings. The highest BCUT2D eigenvalue weighted by Crippen LogP contribution is 2.15. The van der Waals surface area contributed by atoms with Gasteiger partial charge in [-0.05, 0) is 35.0 Å². The maximum absolute atomic E-state index is 11.8. The minimum absolute atomic E-state index is 0.357. The van der Waals surface area contributed by atoms with E-state index >= 15 is 0 Å². The second-order valence-corrected chi connectivity index (χ2v) is 5.14. The summed E-state index contributed by atoms with van der Waals surface area (Å²) in [7, 11) is 0. The summed E-state index contributed by atoms with van der Waals surface area (Å²) in [4.78, 5) is 34.2. The zero-order valence-electron chi connectivity index (χ0n) is 11.2. The third-order valence-corrected chi connectivity index (χ3v) is 3.28. The molecule has 21 heavy (non-hydrogen) atoms. The van der Waals surface area contributed by atoms with Gasteiger partial charge in [0.25, 0.3) is 5.91 Å². The molecule has 4 N–H and O–H groups in total. The van der Waals surface area contributed by atoms with Crippen LogP contribution in [-0.4, -0.2) is 46.7 Å². The number of carboxylic acids is 1. The molecule has 1 aromatic rings. The fourth-order valence-electron chi connectivity index (χ4n) is 1.51. The summed E-state index contributed by atoms with van der Waals surface area (Å²) in [6, 6.07) is 5.26. The van der Waals surface area contributed by atoms with Crippen molar-refractivity contribution in [2.75, 3.05) is 6.54 Å². The van der Waals surface area contributed by atoms with Crippen molar-refractivity contribution < 1.29 is 24.6 Å². The Bertz CT molecular complexity index is 547. The minimum atomic E-state index is -1.42. The highest BCUT2D eigenvalue weighted by molar-refractivity contribution is 9.10. The molecule has 0 radical (unpaired) electrons. The molecule has 1 rings (SSSR count). The summed E-state index contributed by atoms with van der Waals surface area (Å²) in [5.41, 5.74) is 0.357. The lowest BCUT2D eigenvalue weighted by Gasteiger charge is -2.17. The number of amides is 2. The number of carboxylic acid groups (broad SMARTS) is 1. The summed E-state index contributed by atoms with van der Waals surface area (Å²) < 4.78 is 0.579. The number of aliphatic hydroxyl groups excluding tert-OH is 1. The Kier molecular flexibility index (Phi) is 6.32. The van der Waals surface area contributed by atoms with Crippen LogP contribution in [0.3, 0.4) is 0 Å². The lowest BCUT2D eigenvalue weighted by Crippen LogP contribution is -2.50. The molecule has 8 heteroatoms. The monoisotopic (exact) mass is 358 g/mol. The number of hydrogen-bond donors (Lipinski definition) is 4. The Balaban J connectivity index is 2.55. The van der Waals surface area contributed by atoms with Gasteiger partial charge >= 0.3 is 5.97 Å². The van der Waals surface area contributed by atoms with E-state index in [2.05, 4.69) is 26.6 Å². The van der Waals surface area contributed by atoms with Gasteiger partial charge in [-0.3, -0.25) is 9.59 Å². The molecule has 0 spiro atoms. The molecule has 0 saturated heterocycles. The first kappa shape index (κ1) is 17.1. The van der Waals surface area contributed by atoms with Crippen LogP contribution >= 0.6 is 15.9 Å². The van der Waals surface area contributed by atoms with Gasteiger partial charge in [0, 0.05) is 4.47 Å². The molecule has 2 amide bonds. The number of aliphatic hydroxyl groups is 1. The van der Waals surface area contributed by atoms with E-state index < -0.39 is 36.5 Å². The first-order valence-electron chi connectivity index (χ1n) is 6.06. The van der Waals surface area contributed by atoms with Crippen molar-refractivity contribution in [3.05, 3.63) is 34.3 Å². The van der Waals surface area contributed by atoms with Crippen molar-refractivity contribution in [2.24, 2.45) is 0 Å². The zero-order chi connectivity index (χ0) is 16.0. The fourth-order valence-corrected chi connectivity index (χ4v) is 1.98. The van der Waals surface area contributed by atoms with Crippen molar-refractivity contribution >= 4 is 33.7 Å². The van der Waals surface area contributed by atoms with Crippen LogP contribution in [-0.2, 0) is 9.59 Å². The van der Waals surface area contributed by atoms with Crippen molar-refractivity contribution in [3.63, 3.8) is 0 Å². The Morgan fingerprint density at radius 2 is 1.90 bits per heavy atom. The van der Waals surface area contributed by atoms with Crippen LogP contribution < -0.4 is 10.6 Å². The minimum Gasteiger partial charge on any atom is -0.480 e. The topological polar surface area (TPSA) is 116 Å². The summed E-state index contributed by atoms with van der Waals surface area (Å²) in [5, 5.41) is 22.5. The van der Waals surface area contributed by atoms with Gasteiger partial charge in [-0.2, -0.15) is 0 Å². The highest BCUT2D eigenvalue weighted by Gasteiger charge is 2.25. The lowest BCUT2D eigenvalue weighted by molar-refractivity contribution is -0.144. The van der Waals surface area contributed by atoms with Crippen molar-refractivity contribution in [2.45, 2.75) is 19.1 Å². The van der Waals surface area contributed by atoms with Crippen LogP contribution in [0.1, 0.15) is 17.3 Å². The first-order chi connectivity index (χ1) is 9.82. The quantitative estimate of drug-likeness (QED) is 0.576. The predicted octanol–water partition coefficient (Wildman–Crippen LogP) is 0.129. The number of halogens is 1. The van der Waals surface area contributed by atoms with Crippen LogP contribution in [0.25, 0.3) is 0 Å². The summed E-state index contributed by atoms with van der Waals surface area (Å²) in [6.07, 6.45) is -1.24. The first-order valence-corrected chi connectivity index (χ1v) is 6.85. The lowest BCUT2D eigenvalue weighted by atomic mass is 10.2. The number of aliphatic carboxylic acids is 1. The van der Waals surface area contributed by atoms with Crippen LogP contribution in [0, 0.1) is 0 Å². The molecule has 114 valence electrons. The van der Waals surface area contributed by atoms with Gasteiger partial charge in [-0.1, -0.05) is 12.1 Å². The van der Waals surface area contributed by atoms with E-state index in [0.29, 0.717) is 10.0 Å². The van der Waals surface area contributed by atoms with E-state index in [1.807, 2.05) is 0 Å². The number of nitrogens with one attached hydrogen (secondary N) is 2. The molecular formula is C13H15BrN2O5. The van der Waals surface area contributed by atoms with E-state index in [1.165, 1.54) is 6.92 Å². The summed E-state index contributed by atoms with van der Waals surface area (Å²) in [6.45, 7) is 0.857. The standard InChI is InChI=1S/C13H15BrN2O5/c1-7(17)11(13(20)21)16-10(18)6-15-12(19)8-4-2-3-5-9(8)14/h2-5,7,11,17H,6H2,1H3,(H,15,19)(H,16,18)(H,20,21)/t7-,11+/m1/s1. The molecule has 0 fully saturated rings. The van der Waals surface area contributed by atoms with Crippen LogP contribution in [0.4, 0.5) is 0 Å². The van der Waals surface area contributed by atoms with E-state index in [4.69, 9.17) is 5.11 Å². The molecule has 0 bridgehead atoms. The van der Waals surface area contributed by atoms with Crippen LogP contribution in [0.5, 0.6) is 0 Å². The maximum atomic E-state index is 11.8. The van der Waals surface area contributed by atoms with E-state index in [0.717, 1.165) is 0 Å². The number of hydrogen-bond acceptors (Lipinski definition) is 4. The van der Waals surface area contributed by atoms with Crippen LogP contribution in [0.2, 0.25) is 0 Å². The molecular weight excluding hydrogens is 344 g/mol. The molecule has 7 nitrogen and oxygen atoms in total. The number of carbonyl (C=O) groups excluding carboxylic acids is 2.